The summed E-state index contributed by atoms with van der Waals surface area (Å²) in [6.07, 6.45) is 6.53. The first-order valence-electron chi connectivity index (χ1n) is 13.6. The first kappa shape index (κ1) is 25.3. The van der Waals surface area contributed by atoms with Crippen molar-refractivity contribution in [2.24, 2.45) is 0 Å². The van der Waals surface area contributed by atoms with Gasteiger partial charge in [0.2, 0.25) is 0 Å². The highest BCUT2D eigenvalue weighted by molar-refractivity contribution is 7.81. The zero-order valence-corrected chi connectivity index (χ0v) is 23.5. The molecular weight excluding hydrogens is 502 g/mol. The molecular formula is C33H33N3O2S. The van der Waals surface area contributed by atoms with Crippen LogP contribution in [-0.2, 0) is 19.4 Å². The van der Waals surface area contributed by atoms with Gasteiger partial charge in [-0.25, -0.2) is 0 Å². The summed E-state index contributed by atoms with van der Waals surface area (Å²) in [6.45, 7) is 3.14. The first-order chi connectivity index (χ1) is 19.1. The lowest BCUT2D eigenvalue weighted by Crippen LogP contribution is -2.14. The lowest BCUT2D eigenvalue weighted by molar-refractivity contribution is 0.415. The molecule has 3 heterocycles. The molecule has 0 amide bonds. The molecule has 1 aliphatic rings. The minimum atomic E-state index is 0.713. The van der Waals surface area contributed by atoms with Crippen molar-refractivity contribution in [3.63, 3.8) is 0 Å². The summed E-state index contributed by atoms with van der Waals surface area (Å²) < 4.78 is 15.7. The van der Waals surface area contributed by atoms with E-state index in [-0.39, 0.29) is 0 Å². The molecule has 0 unspecified atom stereocenters. The van der Waals surface area contributed by atoms with Crippen LogP contribution in [0.2, 0.25) is 0 Å². The van der Waals surface area contributed by atoms with Gasteiger partial charge in [-0.15, -0.1) is 0 Å². The van der Waals surface area contributed by atoms with E-state index in [1.807, 2.05) is 24.3 Å². The number of hydrogen-bond acceptors (Lipinski definition) is 3. The van der Waals surface area contributed by atoms with Crippen LogP contribution >= 0.6 is 12.2 Å². The summed E-state index contributed by atoms with van der Waals surface area (Å²) >= 11 is 6.16. The molecule has 6 rings (SSSR count). The maximum absolute atomic E-state index is 6.16. The third-order valence-corrected chi connectivity index (χ3v) is 8.03. The summed E-state index contributed by atoms with van der Waals surface area (Å²) in [4.78, 5) is 0.713. The van der Waals surface area contributed by atoms with E-state index in [0.29, 0.717) is 4.99 Å². The van der Waals surface area contributed by atoms with Gasteiger partial charge in [-0.05, 0) is 90.9 Å². The number of methoxy groups -OCH3 is 2. The number of thiocarbonyl (C=S) groups is 1. The van der Waals surface area contributed by atoms with E-state index < -0.39 is 0 Å². The van der Waals surface area contributed by atoms with Crippen LogP contribution < -0.4 is 14.8 Å². The average Bonchev–Trinajstić information content (AvgIpc) is 3.40. The van der Waals surface area contributed by atoms with Gasteiger partial charge in [-0.1, -0.05) is 43.4 Å². The van der Waals surface area contributed by atoms with Gasteiger partial charge < -0.3 is 19.4 Å². The van der Waals surface area contributed by atoms with Gasteiger partial charge >= 0.3 is 0 Å². The van der Waals surface area contributed by atoms with Gasteiger partial charge in [0.05, 0.1) is 25.6 Å². The fourth-order valence-corrected chi connectivity index (χ4v) is 6.00. The van der Waals surface area contributed by atoms with Crippen LogP contribution in [0.3, 0.4) is 0 Å². The zero-order chi connectivity index (χ0) is 26.9. The van der Waals surface area contributed by atoms with Crippen LogP contribution in [-0.4, -0.2) is 28.2 Å². The summed E-state index contributed by atoms with van der Waals surface area (Å²) in [5.74, 6) is 1.70. The van der Waals surface area contributed by atoms with E-state index in [4.69, 9.17) is 21.7 Å². The Labute approximate surface area is 235 Å². The average molecular weight is 536 g/mol. The number of nitrogens with one attached hydrogen (secondary N) is 1. The highest BCUT2D eigenvalue weighted by atomic mass is 32.1. The monoisotopic (exact) mass is 535 g/mol. The van der Waals surface area contributed by atoms with Gasteiger partial charge in [0.1, 0.15) is 22.1 Å². The quantitative estimate of drug-likeness (QED) is 0.216. The Bertz CT molecular complexity index is 1630. The minimum absolute atomic E-state index is 0.713. The molecule has 39 heavy (non-hydrogen) atoms. The van der Waals surface area contributed by atoms with Crippen molar-refractivity contribution in [1.82, 2.24) is 8.97 Å². The Hall–Kier alpha value is -4.03. The molecule has 0 spiro atoms. The molecule has 5 nitrogen and oxygen atoms in total. The predicted molar refractivity (Wildman–Crippen MR) is 163 cm³/mol. The molecule has 0 aliphatic carbocycles. The van der Waals surface area contributed by atoms with Crippen molar-refractivity contribution < 1.29 is 9.47 Å². The summed E-state index contributed by atoms with van der Waals surface area (Å²) in [6, 6.07) is 25.2. The van der Waals surface area contributed by atoms with E-state index >= 15 is 0 Å². The molecule has 0 bridgehead atoms. The largest absolute Gasteiger partial charge is 0.497 e. The number of nitrogens with zero attached hydrogens (tertiary/aromatic N) is 2. The lowest BCUT2D eigenvalue weighted by Gasteiger charge is -2.13. The van der Waals surface area contributed by atoms with Gasteiger partial charge in [-0.3, -0.25) is 4.40 Å². The molecule has 0 saturated carbocycles. The molecule has 0 saturated heterocycles. The SMILES string of the molecule is CCc1ccc(NC(=S)c2c(-c3ccc(OC)cc3)c3c4n(c(-c5ccc(OC)cc5)cn24)CCCC3)cc1. The molecule has 3 aromatic carbocycles. The molecule has 2 aromatic heterocycles. The maximum Gasteiger partial charge on any atom is 0.128 e. The predicted octanol–water partition coefficient (Wildman–Crippen LogP) is 7.78. The van der Waals surface area contributed by atoms with Crippen LogP contribution in [0.25, 0.3) is 28.0 Å². The molecule has 0 fully saturated rings. The number of aromatic nitrogens is 2. The van der Waals surface area contributed by atoms with Gasteiger partial charge in [-0.2, -0.15) is 0 Å². The van der Waals surface area contributed by atoms with Crippen LogP contribution in [0.4, 0.5) is 5.69 Å². The first-order valence-corrected chi connectivity index (χ1v) is 14.0. The summed E-state index contributed by atoms with van der Waals surface area (Å²) in [7, 11) is 3.40. The van der Waals surface area contributed by atoms with E-state index in [1.165, 1.54) is 33.6 Å². The molecule has 1 N–H and O–H groups in total. The summed E-state index contributed by atoms with van der Waals surface area (Å²) in [5, 5.41) is 3.55. The number of anilines is 1. The van der Waals surface area contributed by atoms with Crippen molar-refractivity contribution in [3.05, 3.63) is 95.8 Å². The molecule has 6 heteroatoms. The number of imidazole rings is 1. The Morgan fingerprint density at radius 3 is 2.10 bits per heavy atom. The third kappa shape index (κ3) is 4.59. The molecule has 198 valence electrons. The fourth-order valence-electron chi connectivity index (χ4n) is 5.68. The van der Waals surface area contributed by atoms with E-state index in [9.17, 15) is 0 Å². The van der Waals surface area contributed by atoms with E-state index in [0.717, 1.165) is 60.7 Å². The normalized spacial score (nSPS) is 12.8. The fraction of sp³-hybridized carbons (Fsp3) is 0.242. The lowest BCUT2D eigenvalue weighted by atomic mass is 9.97. The second kappa shape index (κ2) is 10.6. The molecule has 0 atom stereocenters. The Balaban J connectivity index is 1.55. The Kier molecular flexibility index (Phi) is 6.88. The van der Waals surface area contributed by atoms with Crippen LogP contribution in [0, 0.1) is 0 Å². The molecule has 1 aliphatic heterocycles. The Morgan fingerprint density at radius 1 is 0.846 bits per heavy atom. The smallest absolute Gasteiger partial charge is 0.128 e. The number of hydrogen-bond donors (Lipinski definition) is 1. The standard InChI is InChI=1S/C33H33N3O2S/c1-4-22-8-14-25(15-9-22)34-32(39)31-30(24-12-18-27(38-3)19-13-24)28-7-5-6-20-35-29(21-36(31)33(28)35)23-10-16-26(37-2)17-11-23/h8-19,21H,4-7,20H2,1-3H3,(H,34,39). The topological polar surface area (TPSA) is 39.8 Å². The number of ether oxygens (including phenoxy) is 2. The zero-order valence-electron chi connectivity index (χ0n) is 22.7. The van der Waals surface area contributed by atoms with Crippen molar-refractivity contribution >= 4 is 28.5 Å². The van der Waals surface area contributed by atoms with Gasteiger partial charge in [0, 0.05) is 29.6 Å². The molecule has 0 radical (unpaired) electrons. The van der Waals surface area contributed by atoms with Crippen LogP contribution in [0.15, 0.2) is 79.0 Å². The minimum Gasteiger partial charge on any atom is -0.497 e. The van der Waals surface area contributed by atoms with Crippen molar-refractivity contribution in [2.45, 2.75) is 39.2 Å². The van der Waals surface area contributed by atoms with Crippen molar-refractivity contribution in [3.8, 4) is 33.9 Å². The van der Waals surface area contributed by atoms with E-state index in [1.54, 1.807) is 14.2 Å². The maximum atomic E-state index is 6.16. The third-order valence-electron chi connectivity index (χ3n) is 7.73. The summed E-state index contributed by atoms with van der Waals surface area (Å²) in [5.41, 5.74) is 10.6. The Morgan fingerprint density at radius 2 is 1.49 bits per heavy atom. The van der Waals surface area contributed by atoms with E-state index in [2.05, 4.69) is 75.9 Å². The number of rotatable bonds is 7. The second-order valence-electron chi connectivity index (χ2n) is 9.98. The second-order valence-corrected chi connectivity index (χ2v) is 10.4. The highest BCUT2D eigenvalue weighted by Crippen LogP contribution is 2.40. The number of benzene rings is 3. The van der Waals surface area contributed by atoms with Crippen molar-refractivity contribution in [2.75, 3.05) is 19.5 Å². The van der Waals surface area contributed by atoms with Crippen molar-refractivity contribution in [1.29, 1.82) is 0 Å². The van der Waals surface area contributed by atoms with Gasteiger partial charge in [0.25, 0.3) is 0 Å². The van der Waals surface area contributed by atoms with Gasteiger partial charge in [0.15, 0.2) is 0 Å². The highest BCUT2D eigenvalue weighted by Gasteiger charge is 2.28. The molecule has 5 aromatic rings. The van der Waals surface area contributed by atoms with Crippen LogP contribution in [0.5, 0.6) is 11.5 Å². The number of aryl methyl sites for hydroxylation is 3. The van der Waals surface area contributed by atoms with Crippen LogP contribution in [0.1, 0.15) is 36.6 Å².